The van der Waals surface area contributed by atoms with Crippen molar-refractivity contribution in [3.8, 4) is 5.69 Å². The Labute approximate surface area is 154 Å². The second-order valence-electron chi connectivity index (χ2n) is 5.25. The van der Waals surface area contributed by atoms with Gasteiger partial charge in [-0.15, -0.1) is 11.3 Å². The fourth-order valence-electron chi connectivity index (χ4n) is 2.20. The van der Waals surface area contributed by atoms with E-state index >= 15 is 0 Å². The van der Waals surface area contributed by atoms with E-state index in [1.54, 1.807) is 10.9 Å². The molecule has 0 spiro atoms. The Bertz CT molecular complexity index is 826. The topological polar surface area (TPSA) is 46.9 Å². The number of nitrogens with zero attached hydrogens (tertiary/aromatic N) is 2. The van der Waals surface area contributed by atoms with Crippen LogP contribution in [0.4, 0.5) is 0 Å². The Hall–Kier alpha value is -1.82. The summed E-state index contributed by atoms with van der Waals surface area (Å²) in [6.45, 7) is 0.456. The summed E-state index contributed by atoms with van der Waals surface area (Å²) in [5, 5.41) is 7.89. The van der Waals surface area contributed by atoms with Crippen molar-refractivity contribution in [2.75, 3.05) is 0 Å². The molecule has 3 rings (SSSR count). The van der Waals surface area contributed by atoms with Crippen molar-refractivity contribution in [1.82, 2.24) is 15.1 Å². The molecular weight excluding hydrogens is 365 g/mol. The van der Waals surface area contributed by atoms with Crippen molar-refractivity contribution in [2.45, 2.75) is 19.4 Å². The monoisotopic (exact) mass is 379 g/mol. The largest absolute Gasteiger partial charge is 0.352 e. The lowest BCUT2D eigenvalue weighted by molar-refractivity contribution is -0.121. The van der Waals surface area contributed by atoms with Gasteiger partial charge >= 0.3 is 0 Å². The van der Waals surface area contributed by atoms with Crippen molar-refractivity contribution in [2.24, 2.45) is 0 Å². The summed E-state index contributed by atoms with van der Waals surface area (Å²) in [7, 11) is 0. The molecule has 0 saturated heterocycles. The molecule has 1 N–H and O–H groups in total. The average Bonchev–Trinajstić information content (AvgIpc) is 3.21. The van der Waals surface area contributed by atoms with E-state index in [1.165, 1.54) is 11.3 Å². The average molecular weight is 380 g/mol. The fourth-order valence-corrected chi connectivity index (χ4v) is 3.41. The van der Waals surface area contributed by atoms with Crippen LogP contribution in [0.5, 0.6) is 0 Å². The molecule has 0 radical (unpaired) electrons. The summed E-state index contributed by atoms with van der Waals surface area (Å²) in [6.07, 6.45) is 4.78. The third-order valence-corrected chi connectivity index (χ3v) is 4.99. The van der Waals surface area contributed by atoms with Crippen LogP contribution in [0.15, 0.2) is 48.8 Å². The molecule has 0 aliphatic heterocycles. The summed E-state index contributed by atoms with van der Waals surface area (Å²) in [5.74, 6) is 0.0127. The van der Waals surface area contributed by atoms with Gasteiger partial charge in [-0.1, -0.05) is 23.2 Å². The van der Waals surface area contributed by atoms with Gasteiger partial charge in [-0.3, -0.25) is 4.79 Å². The van der Waals surface area contributed by atoms with E-state index in [0.717, 1.165) is 20.5 Å². The highest BCUT2D eigenvalue weighted by Crippen LogP contribution is 2.22. The molecular formula is C17H15Cl2N3OS. The van der Waals surface area contributed by atoms with E-state index in [-0.39, 0.29) is 5.91 Å². The Balaban J connectivity index is 1.49. The number of hydrogen-bond acceptors (Lipinski definition) is 3. The molecule has 7 heteroatoms. The molecule has 124 valence electrons. The number of aromatic nitrogens is 2. The predicted molar refractivity (Wildman–Crippen MR) is 98.1 cm³/mol. The van der Waals surface area contributed by atoms with E-state index in [2.05, 4.69) is 10.4 Å². The third kappa shape index (κ3) is 4.60. The molecule has 0 bridgehead atoms. The molecule has 3 aromatic rings. The zero-order valence-corrected chi connectivity index (χ0v) is 15.0. The van der Waals surface area contributed by atoms with Crippen LogP contribution >= 0.6 is 34.5 Å². The lowest BCUT2D eigenvalue weighted by atomic mass is 10.2. The second kappa shape index (κ2) is 7.83. The van der Waals surface area contributed by atoms with Gasteiger partial charge in [0.05, 0.1) is 16.2 Å². The summed E-state index contributed by atoms with van der Waals surface area (Å²) >= 11 is 13.3. The maximum absolute atomic E-state index is 11.9. The molecule has 24 heavy (non-hydrogen) atoms. The molecule has 0 fully saturated rings. The van der Waals surface area contributed by atoms with E-state index in [9.17, 15) is 4.79 Å². The molecule has 0 saturated carbocycles. The number of amides is 1. The van der Waals surface area contributed by atoms with Gasteiger partial charge in [0.25, 0.3) is 0 Å². The summed E-state index contributed by atoms with van der Waals surface area (Å²) < 4.78 is 2.51. The number of nitrogens with one attached hydrogen (secondary N) is 1. The molecule has 4 nitrogen and oxygen atoms in total. The van der Waals surface area contributed by atoms with Gasteiger partial charge in [0.15, 0.2) is 0 Å². The Kier molecular flexibility index (Phi) is 5.56. The van der Waals surface area contributed by atoms with E-state index < -0.39 is 0 Å². The quantitative estimate of drug-likeness (QED) is 0.685. The summed E-state index contributed by atoms with van der Waals surface area (Å²) in [6, 6.07) is 11.2. The van der Waals surface area contributed by atoms with Crippen molar-refractivity contribution in [1.29, 1.82) is 0 Å². The minimum atomic E-state index is 0.0127. The Morgan fingerprint density at radius 2 is 1.96 bits per heavy atom. The minimum absolute atomic E-state index is 0.0127. The first-order valence-corrected chi connectivity index (χ1v) is 8.98. The van der Waals surface area contributed by atoms with Gasteiger partial charge in [0, 0.05) is 34.6 Å². The van der Waals surface area contributed by atoms with Crippen LogP contribution in [0.1, 0.15) is 16.9 Å². The van der Waals surface area contributed by atoms with Crippen LogP contribution in [0.2, 0.25) is 9.36 Å². The lowest BCUT2D eigenvalue weighted by Crippen LogP contribution is -2.22. The predicted octanol–water partition coefficient (Wildman–Crippen LogP) is 4.49. The number of rotatable bonds is 6. The maximum Gasteiger partial charge on any atom is 0.220 e. The van der Waals surface area contributed by atoms with E-state index in [1.807, 2.05) is 42.6 Å². The van der Waals surface area contributed by atoms with Crippen molar-refractivity contribution in [3.05, 3.63) is 68.6 Å². The first-order valence-electron chi connectivity index (χ1n) is 7.40. The molecule has 1 amide bonds. The number of carbonyl (C=O) groups is 1. The van der Waals surface area contributed by atoms with Gasteiger partial charge in [-0.2, -0.15) is 5.10 Å². The molecule has 1 aromatic carbocycles. The summed E-state index contributed by atoms with van der Waals surface area (Å²) in [5.41, 5.74) is 1.86. The minimum Gasteiger partial charge on any atom is -0.352 e. The molecule has 0 aliphatic rings. The van der Waals surface area contributed by atoms with Gasteiger partial charge in [-0.25, -0.2) is 4.68 Å². The van der Waals surface area contributed by atoms with Crippen LogP contribution < -0.4 is 5.32 Å². The first-order chi connectivity index (χ1) is 11.6. The van der Waals surface area contributed by atoms with Gasteiger partial charge in [-0.05, 0) is 42.8 Å². The van der Waals surface area contributed by atoms with Gasteiger partial charge < -0.3 is 5.32 Å². The van der Waals surface area contributed by atoms with Crippen molar-refractivity contribution in [3.63, 3.8) is 0 Å². The summed E-state index contributed by atoms with van der Waals surface area (Å²) in [4.78, 5) is 13.0. The van der Waals surface area contributed by atoms with E-state index in [4.69, 9.17) is 23.2 Å². The van der Waals surface area contributed by atoms with Gasteiger partial charge in [0.2, 0.25) is 5.91 Å². The highest BCUT2D eigenvalue weighted by atomic mass is 35.5. The van der Waals surface area contributed by atoms with Crippen LogP contribution in [0.3, 0.4) is 0 Å². The lowest BCUT2D eigenvalue weighted by Gasteiger charge is -2.03. The number of benzene rings is 1. The highest BCUT2D eigenvalue weighted by molar-refractivity contribution is 7.16. The van der Waals surface area contributed by atoms with Crippen LogP contribution in [0, 0.1) is 0 Å². The number of aryl methyl sites for hydroxylation is 1. The molecule has 0 unspecified atom stereocenters. The number of carbonyl (C=O) groups excluding carboxylic acids is 1. The van der Waals surface area contributed by atoms with E-state index in [0.29, 0.717) is 24.4 Å². The third-order valence-electron chi connectivity index (χ3n) is 3.44. The maximum atomic E-state index is 11.9. The number of hydrogen-bond donors (Lipinski definition) is 1. The fraction of sp³-hybridized carbons (Fsp3) is 0.176. The highest BCUT2D eigenvalue weighted by Gasteiger charge is 2.06. The molecule has 2 aromatic heterocycles. The van der Waals surface area contributed by atoms with Crippen molar-refractivity contribution >= 4 is 40.4 Å². The first kappa shape index (κ1) is 17.0. The number of halogens is 2. The smallest absolute Gasteiger partial charge is 0.220 e. The van der Waals surface area contributed by atoms with Crippen LogP contribution in [0.25, 0.3) is 5.69 Å². The zero-order chi connectivity index (χ0) is 16.9. The standard InChI is InChI=1S/C17H15Cl2N3OS/c18-13-1-3-14(4-2-13)22-11-12(10-21-22)9-20-17(23)8-6-15-5-7-16(19)24-15/h1-5,7,10-11H,6,8-9H2,(H,20,23). The molecule has 0 aliphatic carbocycles. The number of thiophene rings is 1. The Morgan fingerprint density at radius 1 is 1.17 bits per heavy atom. The van der Waals surface area contributed by atoms with Gasteiger partial charge in [0.1, 0.15) is 0 Å². The molecule has 2 heterocycles. The SMILES string of the molecule is O=C(CCc1ccc(Cl)s1)NCc1cnn(-c2ccc(Cl)cc2)c1. The Morgan fingerprint density at radius 3 is 2.67 bits per heavy atom. The second-order valence-corrected chi connectivity index (χ2v) is 7.49. The van der Waals surface area contributed by atoms with Crippen LogP contribution in [-0.2, 0) is 17.8 Å². The normalized spacial score (nSPS) is 10.8. The van der Waals surface area contributed by atoms with Crippen molar-refractivity contribution < 1.29 is 4.79 Å². The zero-order valence-electron chi connectivity index (χ0n) is 12.7. The molecule has 0 atom stereocenters. The van der Waals surface area contributed by atoms with Crippen LogP contribution in [-0.4, -0.2) is 15.7 Å².